The number of nitrogens with zero attached hydrogens (tertiary/aromatic N) is 2. The van der Waals surface area contributed by atoms with Crippen LogP contribution in [0.1, 0.15) is 24.3 Å². The highest BCUT2D eigenvalue weighted by Gasteiger charge is 2.32. The highest BCUT2D eigenvalue weighted by Crippen LogP contribution is 2.44. The van der Waals surface area contributed by atoms with Crippen LogP contribution in [0.3, 0.4) is 0 Å². The third-order valence-electron chi connectivity index (χ3n) is 5.39. The predicted octanol–water partition coefficient (Wildman–Crippen LogP) is 3.88. The minimum Gasteiger partial charge on any atom is -0.321 e. The number of aromatic nitrogens is 1. The molecule has 0 aliphatic carbocycles. The van der Waals surface area contributed by atoms with Crippen molar-refractivity contribution in [2.24, 2.45) is 0 Å². The molecule has 3 aromatic rings. The summed E-state index contributed by atoms with van der Waals surface area (Å²) in [6, 6.07) is 9.05. The minimum atomic E-state index is -0.0132. The zero-order valence-electron chi connectivity index (χ0n) is 16.6. The molecule has 2 aliphatic heterocycles. The summed E-state index contributed by atoms with van der Waals surface area (Å²) in [5.74, 6) is 0. The summed E-state index contributed by atoms with van der Waals surface area (Å²) in [4.78, 5) is 20.9. The van der Waals surface area contributed by atoms with Gasteiger partial charge in [0.15, 0.2) is 0 Å². The normalized spacial score (nSPS) is 16.9. The Hall–Kier alpha value is -2.00. The largest absolute Gasteiger partial charge is 0.322 e. The number of fused-ring (bicyclic) bond motifs is 2. The fraction of sp³-hybridized carbons (Fsp3) is 0.429. The Labute approximate surface area is 178 Å². The van der Waals surface area contributed by atoms with Gasteiger partial charge >= 0.3 is 6.03 Å². The van der Waals surface area contributed by atoms with Gasteiger partial charge in [0.2, 0.25) is 0 Å². The van der Waals surface area contributed by atoms with Crippen molar-refractivity contribution in [2.45, 2.75) is 38.9 Å². The summed E-state index contributed by atoms with van der Waals surface area (Å²) >= 11 is 3.39. The molecule has 152 valence electrons. The maximum atomic E-state index is 12.9. The number of anilines is 1. The number of carbonyl (C=O) groups excluding carboxylic acids is 1. The van der Waals surface area contributed by atoms with E-state index < -0.39 is 0 Å². The van der Waals surface area contributed by atoms with E-state index in [9.17, 15) is 4.79 Å². The van der Waals surface area contributed by atoms with Gasteiger partial charge in [0.05, 0.1) is 10.2 Å². The summed E-state index contributed by atoms with van der Waals surface area (Å²) in [7, 11) is 0. The Balaban J connectivity index is 1.43. The van der Waals surface area contributed by atoms with E-state index in [1.54, 1.807) is 22.7 Å². The van der Waals surface area contributed by atoms with Gasteiger partial charge in [0.25, 0.3) is 0 Å². The zero-order chi connectivity index (χ0) is 20.0. The van der Waals surface area contributed by atoms with E-state index in [-0.39, 0.29) is 6.03 Å². The third-order valence-corrected chi connectivity index (χ3v) is 7.60. The molecule has 0 bridgehead atoms. The Bertz CT molecular complexity index is 1020. The molecule has 0 saturated carbocycles. The highest BCUT2D eigenvalue weighted by atomic mass is 32.1. The Kier molecular flexibility index (Phi) is 5.03. The Morgan fingerprint density at radius 1 is 1.28 bits per heavy atom. The number of nitrogens with one attached hydrogen (secondary N) is 3. The van der Waals surface area contributed by atoms with Crippen molar-refractivity contribution >= 4 is 43.9 Å². The lowest BCUT2D eigenvalue weighted by atomic mass is 10.0. The molecule has 1 saturated heterocycles. The molecule has 0 atom stereocenters. The average molecular weight is 428 g/mol. The van der Waals surface area contributed by atoms with E-state index in [0.717, 1.165) is 53.7 Å². The molecule has 8 heteroatoms. The lowest BCUT2D eigenvalue weighted by Crippen LogP contribution is -2.61. The molecular weight excluding hydrogens is 402 g/mol. The number of benzene rings is 1. The van der Waals surface area contributed by atoms with Crippen LogP contribution in [-0.4, -0.2) is 47.6 Å². The molecule has 1 aromatic carbocycles. The average Bonchev–Trinajstić information content (AvgIpc) is 3.24. The van der Waals surface area contributed by atoms with Crippen LogP contribution in [-0.2, 0) is 13.0 Å². The maximum Gasteiger partial charge on any atom is 0.322 e. The number of hydrogen-bond acceptors (Lipinski definition) is 6. The first-order valence-electron chi connectivity index (χ1n) is 10.1. The van der Waals surface area contributed by atoms with Crippen molar-refractivity contribution in [3.63, 3.8) is 0 Å². The number of thiazole rings is 1. The van der Waals surface area contributed by atoms with Crippen molar-refractivity contribution in [3.8, 4) is 10.6 Å². The van der Waals surface area contributed by atoms with Gasteiger partial charge in [0, 0.05) is 42.2 Å². The van der Waals surface area contributed by atoms with Crippen LogP contribution in [0.4, 0.5) is 9.80 Å². The predicted molar refractivity (Wildman–Crippen MR) is 121 cm³/mol. The van der Waals surface area contributed by atoms with Gasteiger partial charge in [-0.3, -0.25) is 5.32 Å². The highest BCUT2D eigenvalue weighted by molar-refractivity contribution is 7.22. The second-order valence-corrected chi connectivity index (χ2v) is 10.1. The number of hydrogen-bond donors (Lipinski definition) is 3. The molecule has 6 nitrogen and oxygen atoms in total. The van der Waals surface area contributed by atoms with Crippen molar-refractivity contribution in [3.05, 3.63) is 34.7 Å². The van der Waals surface area contributed by atoms with E-state index in [1.807, 2.05) is 17.0 Å². The van der Waals surface area contributed by atoms with E-state index in [4.69, 9.17) is 4.98 Å². The van der Waals surface area contributed by atoms with Crippen LogP contribution >= 0.6 is 22.7 Å². The molecule has 29 heavy (non-hydrogen) atoms. The SMILES string of the molecule is CC(C)NC1CN(C(=O)Nc2sc3c(c2-c2nc4ccccc4s2)CCNC3)C1. The van der Waals surface area contributed by atoms with Crippen LogP contribution in [0.2, 0.25) is 0 Å². The van der Waals surface area contributed by atoms with E-state index in [2.05, 4.69) is 41.9 Å². The van der Waals surface area contributed by atoms with Gasteiger partial charge in [0.1, 0.15) is 10.0 Å². The summed E-state index contributed by atoms with van der Waals surface area (Å²) in [6.07, 6.45) is 0.969. The first-order valence-corrected chi connectivity index (χ1v) is 11.7. The molecule has 0 radical (unpaired) electrons. The van der Waals surface area contributed by atoms with Gasteiger partial charge in [-0.25, -0.2) is 9.78 Å². The summed E-state index contributed by atoms with van der Waals surface area (Å²) in [6.45, 7) is 7.61. The molecule has 0 unspecified atom stereocenters. The zero-order valence-corrected chi connectivity index (χ0v) is 18.3. The van der Waals surface area contributed by atoms with Gasteiger partial charge in [-0.15, -0.1) is 22.7 Å². The number of carbonyl (C=O) groups is 1. The van der Waals surface area contributed by atoms with Gasteiger partial charge in [-0.1, -0.05) is 26.0 Å². The monoisotopic (exact) mass is 427 g/mol. The maximum absolute atomic E-state index is 12.9. The number of rotatable bonds is 4. The minimum absolute atomic E-state index is 0.0132. The third kappa shape index (κ3) is 3.66. The lowest BCUT2D eigenvalue weighted by Gasteiger charge is -2.40. The van der Waals surface area contributed by atoms with Crippen molar-refractivity contribution in [1.82, 2.24) is 20.5 Å². The first kappa shape index (κ1) is 19.0. The van der Waals surface area contributed by atoms with Gasteiger partial charge < -0.3 is 15.5 Å². The van der Waals surface area contributed by atoms with Crippen LogP contribution in [0.25, 0.3) is 20.8 Å². The lowest BCUT2D eigenvalue weighted by molar-refractivity contribution is 0.145. The topological polar surface area (TPSA) is 69.3 Å². The Morgan fingerprint density at radius 2 is 2.10 bits per heavy atom. The van der Waals surface area contributed by atoms with Gasteiger partial charge in [-0.05, 0) is 30.7 Å². The molecule has 2 aromatic heterocycles. The second kappa shape index (κ2) is 7.68. The number of urea groups is 1. The van der Waals surface area contributed by atoms with Gasteiger partial charge in [-0.2, -0.15) is 0 Å². The Morgan fingerprint density at radius 3 is 2.90 bits per heavy atom. The quantitative estimate of drug-likeness (QED) is 0.591. The van der Waals surface area contributed by atoms with E-state index in [1.165, 1.54) is 15.1 Å². The molecule has 1 fully saturated rings. The first-order chi connectivity index (χ1) is 14.1. The molecular formula is C21H25N5OS2. The molecule has 2 aliphatic rings. The fourth-order valence-electron chi connectivity index (χ4n) is 4.03. The van der Waals surface area contributed by atoms with Crippen molar-refractivity contribution < 1.29 is 4.79 Å². The van der Waals surface area contributed by atoms with Crippen LogP contribution < -0.4 is 16.0 Å². The smallest absolute Gasteiger partial charge is 0.321 e. The van der Waals surface area contributed by atoms with Crippen LogP contribution in [0.5, 0.6) is 0 Å². The second-order valence-electron chi connectivity index (χ2n) is 7.97. The number of thiophene rings is 1. The number of para-hydroxylation sites is 1. The molecule has 2 amide bonds. The molecule has 0 spiro atoms. The van der Waals surface area contributed by atoms with E-state index in [0.29, 0.717) is 12.1 Å². The molecule has 3 N–H and O–H groups in total. The van der Waals surface area contributed by atoms with Crippen molar-refractivity contribution in [2.75, 3.05) is 25.0 Å². The summed E-state index contributed by atoms with van der Waals surface area (Å²) in [5, 5.41) is 12.1. The number of amides is 2. The van der Waals surface area contributed by atoms with Crippen LogP contribution in [0, 0.1) is 0 Å². The number of likely N-dealkylation sites (tertiary alicyclic amines) is 1. The standard InChI is InChI=1S/C21H25N5OS2/c1-12(2)23-13-10-26(11-13)21(27)25-20-18(14-7-8-22-9-17(14)29-20)19-24-15-5-3-4-6-16(15)28-19/h3-6,12-13,22-23H,7-11H2,1-2H3,(H,25,27). The molecule has 5 rings (SSSR count). The van der Waals surface area contributed by atoms with Crippen LogP contribution in [0.15, 0.2) is 24.3 Å². The van der Waals surface area contributed by atoms with E-state index >= 15 is 0 Å². The molecule has 4 heterocycles. The summed E-state index contributed by atoms with van der Waals surface area (Å²) in [5.41, 5.74) is 3.48. The summed E-state index contributed by atoms with van der Waals surface area (Å²) < 4.78 is 1.18. The fourth-order valence-corrected chi connectivity index (χ4v) is 6.34. The van der Waals surface area contributed by atoms with Crippen molar-refractivity contribution in [1.29, 1.82) is 0 Å².